The van der Waals surface area contributed by atoms with Crippen LogP contribution in [0.5, 0.6) is 0 Å². The molecule has 26 heavy (non-hydrogen) atoms. The summed E-state index contributed by atoms with van der Waals surface area (Å²) in [6.07, 6.45) is 3.71. The molecule has 2 aromatic heterocycles. The number of anilines is 1. The minimum absolute atomic E-state index is 0.0629. The Balaban J connectivity index is 1.65. The van der Waals surface area contributed by atoms with E-state index >= 15 is 0 Å². The summed E-state index contributed by atoms with van der Waals surface area (Å²) in [5.41, 5.74) is 4.00. The number of thioether (sulfide) groups is 1. The standard InChI is InChI=1S/C18H22N6OS/c1-5-24-10-14(9-19-24)17-21-22-18(23(17)4)26-11-16(25)20-15-8-6-7-12(2)13(15)3/h6-10H,5,11H2,1-4H3,(H,20,25). The van der Waals surface area contributed by atoms with Gasteiger partial charge in [-0.25, -0.2) is 0 Å². The summed E-state index contributed by atoms with van der Waals surface area (Å²) in [6, 6.07) is 5.88. The molecule has 0 fully saturated rings. The van der Waals surface area contributed by atoms with Crippen LogP contribution in [-0.4, -0.2) is 36.2 Å². The van der Waals surface area contributed by atoms with E-state index in [1.807, 2.05) is 61.5 Å². The van der Waals surface area contributed by atoms with Gasteiger partial charge in [-0.2, -0.15) is 5.10 Å². The fraction of sp³-hybridized carbons (Fsp3) is 0.333. The topological polar surface area (TPSA) is 77.6 Å². The number of benzene rings is 1. The molecule has 136 valence electrons. The summed E-state index contributed by atoms with van der Waals surface area (Å²) in [5.74, 6) is 0.947. The second-order valence-electron chi connectivity index (χ2n) is 6.03. The molecule has 1 amide bonds. The maximum Gasteiger partial charge on any atom is 0.234 e. The van der Waals surface area contributed by atoms with Gasteiger partial charge in [-0.1, -0.05) is 23.9 Å². The molecule has 0 aliphatic rings. The van der Waals surface area contributed by atoms with Crippen molar-refractivity contribution in [1.29, 1.82) is 0 Å². The average molecular weight is 370 g/mol. The first kappa shape index (κ1) is 18.2. The van der Waals surface area contributed by atoms with E-state index in [1.165, 1.54) is 11.8 Å². The third kappa shape index (κ3) is 3.80. The number of amides is 1. The number of hydrogen-bond donors (Lipinski definition) is 1. The fourth-order valence-electron chi connectivity index (χ4n) is 2.55. The largest absolute Gasteiger partial charge is 0.325 e. The van der Waals surface area contributed by atoms with Gasteiger partial charge in [0, 0.05) is 25.5 Å². The molecule has 8 heteroatoms. The van der Waals surface area contributed by atoms with Gasteiger partial charge in [0.05, 0.1) is 17.5 Å². The highest BCUT2D eigenvalue weighted by molar-refractivity contribution is 7.99. The third-order valence-electron chi connectivity index (χ3n) is 4.26. The van der Waals surface area contributed by atoms with Gasteiger partial charge in [0.1, 0.15) is 0 Å². The van der Waals surface area contributed by atoms with Gasteiger partial charge < -0.3 is 9.88 Å². The van der Waals surface area contributed by atoms with E-state index in [2.05, 4.69) is 20.6 Å². The van der Waals surface area contributed by atoms with Crippen molar-refractivity contribution in [2.24, 2.45) is 7.05 Å². The molecule has 7 nitrogen and oxygen atoms in total. The highest BCUT2D eigenvalue weighted by atomic mass is 32.2. The molecule has 0 aliphatic carbocycles. The van der Waals surface area contributed by atoms with Gasteiger partial charge in [-0.05, 0) is 38.0 Å². The van der Waals surface area contributed by atoms with Crippen molar-refractivity contribution in [2.75, 3.05) is 11.1 Å². The Morgan fingerprint density at radius 3 is 2.81 bits per heavy atom. The Bertz CT molecular complexity index is 930. The van der Waals surface area contributed by atoms with Crippen molar-refractivity contribution >= 4 is 23.4 Å². The van der Waals surface area contributed by atoms with Crippen LogP contribution in [0.1, 0.15) is 18.1 Å². The highest BCUT2D eigenvalue weighted by Crippen LogP contribution is 2.23. The van der Waals surface area contributed by atoms with Gasteiger partial charge in [0.25, 0.3) is 0 Å². The molecular weight excluding hydrogens is 348 g/mol. The Morgan fingerprint density at radius 1 is 1.27 bits per heavy atom. The normalized spacial score (nSPS) is 10.9. The third-order valence-corrected chi connectivity index (χ3v) is 5.28. The second kappa shape index (κ2) is 7.74. The van der Waals surface area contributed by atoms with Crippen LogP contribution in [0.2, 0.25) is 0 Å². The molecule has 0 saturated heterocycles. The molecular formula is C18H22N6OS. The zero-order valence-corrected chi connectivity index (χ0v) is 16.2. The number of carbonyl (C=O) groups excluding carboxylic acids is 1. The van der Waals surface area contributed by atoms with Crippen LogP contribution < -0.4 is 5.32 Å². The van der Waals surface area contributed by atoms with E-state index in [0.29, 0.717) is 5.16 Å². The van der Waals surface area contributed by atoms with Gasteiger partial charge in [-0.15, -0.1) is 10.2 Å². The van der Waals surface area contributed by atoms with Crippen LogP contribution in [-0.2, 0) is 18.4 Å². The quantitative estimate of drug-likeness (QED) is 0.675. The molecule has 0 bridgehead atoms. The van der Waals surface area contributed by atoms with Crippen LogP contribution in [0.4, 0.5) is 5.69 Å². The zero-order valence-electron chi connectivity index (χ0n) is 15.4. The Kier molecular flexibility index (Phi) is 5.41. The van der Waals surface area contributed by atoms with E-state index < -0.39 is 0 Å². The molecule has 0 aliphatic heterocycles. The van der Waals surface area contributed by atoms with Gasteiger partial charge in [-0.3, -0.25) is 9.48 Å². The molecule has 0 unspecified atom stereocenters. The van der Waals surface area contributed by atoms with E-state index in [1.54, 1.807) is 6.20 Å². The number of carbonyl (C=O) groups is 1. The first-order valence-electron chi connectivity index (χ1n) is 8.40. The van der Waals surface area contributed by atoms with E-state index in [0.717, 1.165) is 34.7 Å². The number of hydrogen-bond acceptors (Lipinski definition) is 5. The summed E-state index contributed by atoms with van der Waals surface area (Å²) in [4.78, 5) is 12.3. The number of aromatic nitrogens is 5. The first-order chi connectivity index (χ1) is 12.5. The number of rotatable bonds is 6. The molecule has 2 heterocycles. The zero-order chi connectivity index (χ0) is 18.7. The molecule has 1 N–H and O–H groups in total. The number of nitrogens with one attached hydrogen (secondary N) is 1. The smallest absolute Gasteiger partial charge is 0.234 e. The van der Waals surface area contributed by atoms with Crippen LogP contribution >= 0.6 is 11.8 Å². The van der Waals surface area contributed by atoms with Crippen LogP contribution in [0.25, 0.3) is 11.4 Å². The lowest BCUT2D eigenvalue weighted by Gasteiger charge is -2.10. The van der Waals surface area contributed by atoms with Crippen molar-refractivity contribution < 1.29 is 4.79 Å². The average Bonchev–Trinajstić information content (AvgIpc) is 3.23. The van der Waals surface area contributed by atoms with Crippen LogP contribution in [0, 0.1) is 13.8 Å². The summed E-state index contributed by atoms with van der Waals surface area (Å²) < 4.78 is 3.72. The van der Waals surface area contributed by atoms with Crippen molar-refractivity contribution in [1.82, 2.24) is 24.5 Å². The van der Waals surface area contributed by atoms with Crippen molar-refractivity contribution in [3.05, 3.63) is 41.7 Å². The SMILES string of the molecule is CCn1cc(-c2nnc(SCC(=O)Nc3cccc(C)c3C)n2C)cn1. The molecule has 0 atom stereocenters. The Hall–Kier alpha value is -2.61. The molecule has 0 saturated carbocycles. The van der Waals surface area contributed by atoms with Crippen molar-refractivity contribution in [3.63, 3.8) is 0 Å². The molecule has 3 aromatic rings. The first-order valence-corrected chi connectivity index (χ1v) is 9.39. The summed E-state index contributed by atoms with van der Waals surface area (Å²) in [7, 11) is 1.89. The number of nitrogens with zero attached hydrogens (tertiary/aromatic N) is 5. The summed E-state index contributed by atoms with van der Waals surface area (Å²) in [6.45, 7) is 6.87. The molecule has 0 radical (unpaired) electrons. The van der Waals surface area contributed by atoms with E-state index in [4.69, 9.17) is 0 Å². The lowest BCUT2D eigenvalue weighted by atomic mass is 10.1. The molecule has 1 aromatic carbocycles. The Labute approximate surface area is 156 Å². The fourth-order valence-corrected chi connectivity index (χ4v) is 3.26. The van der Waals surface area contributed by atoms with Gasteiger partial charge >= 0.3 is 0 Å². The van der Waals surface area contributed by atoms with Gasteiger partial charge in [0.15, 0.2) is 11.0 Å². The summed E-state index contributed by atoms with van der Waals surface area (Å²) in [5, 5.41) is 16.3. The maximum atomic E-state index is 12.3. The lowest BCUT2D eigenvalue weighted by Crippen LogP contribution is -2.15. The van der Waals surface area contributed by atoms with E-state index in [-0.39, 0.29) is 11.7 Å². The predicted molar refractivity (Wildman–Crippen MR) is 103 cm³/mol. The van der Waals surface area contributed by atoms with Crippen LogP contribution in [0.15, 0.2) is 35.7 Å². The lowest BCUT2D eigenvalue weighted by molar-refractivity contribution is -0.113. The number of aryl methyl sites for hydroxylation is 2. The predicted octanol–water partition coefficient (Wildman–Crippen LogP) is 3.05. The van der Waals surface area contributed by atoms with E-state index in [9.17, 15) is 4.79 Å². The van der Waals surface area contributed by atoms with Crippen molar-refractivity contribution in [3.8, 4) is 11.4 Å². The van der Waals surface area contributed by atoms with Gasteiger partial charge in [0.2, 0.25) is 5.91 Å². The highest BCUT2D eigenvalue weighted by Gasteiger charge is 2.14. The summed E-state index contributed by atoms with van der Waals surface area (Å²) >= 11 is 1.36. The minimum Gasteiger partial charge on any atom is -0.325 e. The minimum atomic E-state index is -0.0629. The van der Waals surface area contributed by atoms with Crippen LogP contribution in [0.3, 0.4) is 0 Å². The van der Waals surface area contributed by atoms with Crippen molar-refractivity contribution in [2.45, 2.75) is 32.5 Å². The maximum absolute atomic E-state index is 12.3. The second-order valence-corrected chi connectivity index (χ2v) is 6.98. The Morgan fingerprint density at radius 2 is 2.08 bits per heavy atom. The molecule has 3 rings (SSSR count). The molecule has 0 spiro atoms. The monoisotopic (exact) mass is 370 g/mol.